The lowest BCUT2D eigenvalue weighted by molar-refractivity contribution is -0.155. The Bertz CT molecular complexity index is 901. The zero-order valence-electron chi connectivity index (χ0n) is 15.7. The van der Waals surface area contributed by atoms with Gasteiger partial charge in [0.2, 0.25) is 5.91 Å². The summed E-state index contributed by atoms with van der Waals surface area (Å²) in [6, 6.07) is 12.4. The molecule has 2 aromatic rings. The van der Waals surface area contributed by atoms with Crippen molar-refractivity contribution < 1.29 is 34.4 Å². The van der Waals surface area contributed by atoms with Gasteiger partial charge in [-0.25, -0.2) is 14.5 Å². The molecular weight excluding hydrogens is 380 g/mol. The van der Waals surface area contributed by atoms with Crippen LogP contribution >= 0.6 is 0 Å². The van der Waals surface area contributed by atoms with Crippen molar-refractivity contribution in [2.75, 3.05) is 6.54 Å². The molecule has 9 heteroatoms. The van der Waals surface area contributed by atoms with Gasteiger partial charge >= 0.3 is 12.1 Å². The fourth-order valence-electron chi connectivity index (χ4n) is 2.78. The molecule has 1 atom stereocenters. The first-order chi connectivity index (χ1) is 13.7. The Balaban J connectivity index is 2.33. The topological polar surface area (TPSA) is 150 Å². The molecule has 2 rings (SSSR count). The molecule has 154 valence electrons. The number of carbonyl (C=O) groups is 3. The minimum atomic E-state index is -2.05. The van der Waals surface area contributed by atoms with E-state index in [2.05, 4.69) is 0 Å². The first-order valence-corrected chi connectivity index (χ1v) is 8.67. The average molecular weight is 402 g/mol. The number of nitrogens with zero attached hydrogens (tertiary/aromatic N) is 1. The van der Waals surface area contributed by atoms with Crippen LogP contribution in [-0.4, -0.2) is 50.3 Å². The van der Waals surface area contributed by atoms with Gasteiger partial charge < -0.3 is 25.8 Å². The quantitative estimate of drug-likeness (QED) is 0.510. The normalized spacial score (nSPS) is 12.6. The van der Waals surface area contributed by atoms with E-state index in [1.165, 1.54) is 19.1 Å². The van der Waals surface area contributed by atoms with Crippen molar-refractivity contribution in [1.82, 2.24) is 4.90 Å². The highest BCUT2D eigenvalue weighted by Crippen LogP contribution is 2.29. The molecule has 0 aliphatic carbocycles. The van der Waals surface area contributed by atoms with Crippen molar-refractivity contribution in [2.24, 2.45) is 5.73 Å². The molecule has 0 saturated carbocycles. The summed E-state index contributed by atoms with van der Waals surface area (Å²) in [5.74, 6) is -3.25. The summed E-state index contributed by atoms with van der Waals surface area (Å²) >= 11 is 0. The van der Waals surface area contributed by atoms with Crippen LogP contribution in [-0.2, 0) is 27.4 Å². The SMILES string of the molecule is C[C@](Cc1ccc(O)c(O)c1)(C(=O)O)N(C(=O)CN)C(=O)OCc1ccccc1. The first kappa shape index (κ1) is 21.7. The van der Waals surface area contributed by atoms with E-state index < -0.39 is 35.8 Å². The van der Waals surface area contributed by atoms with E-state index in [9.17, 15) is 29.7 Å². The second-order valence-electron chi connectivity index (χ2n) is 6.55. The van der Waals surface area contributed by atoms with Crippen LogP contribution < -0.4 is 5.73 Å². The van der Waals surface area contributed by atoms with Crippen molar-refractivity contribution >= 4 is 18.0 Å². The number of aromatic hydroxyl groups is 2. The minimum Gasteiger partial charge on any atom is -0.504 e. The molecule has 5 N–H and O–H groups in total. The fraction of sp³-hybridized carbons (Fsp3) is 0.250. The number of phenolic OH excluding ortho intramolecular Hbond substituents is 2. The van der Waals surface area contributed by atoms with Crippen LogP contribution in [0.1, 0.15) is 18.1 Å². The molecule has 0 heterocycles. The van der Waals surface area contributed by atoms with Crippen LogP contribution in [0.25, 0.3) is 0 Å². The molecule has 2 amide bonds. The van der Waals surface area contributed by atoms with Crippen LogP contribution in [0.15, 0.2) is 48.5 Å². The zero-order valence-corrected chi connectivity index (χ0v) is 15.7. The summed E-state index contributed by atoms with van der Waals surface area (Å²) in [5.41, 5.74) is 4.27. The Morgan fingerprint density at radius 3 is 2.24 bits per heavy atom. The van der Waals surface area contributed by atoms with Crippen molar-refractivity contribution in [2.45, 2.75) is 25.5 Å². The van der Waals surface area contributed by atoms with Crippen LogP contribution in [0.3, 0.4) is 0 Å². The van der Waals surface area contributed by atoms with E-state index >= 15 is 0 Å². The number of hydrogen-bond acceptors (Lipinski definition) is 7. The second-order valence-corrected chi connectivity index (χ2v) is 6.55. The van der Waals surface area contributed by atoms with Gasteiger partial charge in [-0.15, -0.1) is 0 Å². The molecule has 0 aliphatic rings. The zero-order chi connectivity index (χ0) is 21.6. The van der Waals surface area contributed by atoms with Gasteiger partial charge in [-0.1, -0.05) is 36.4 Å². The molecule has 0 aromatic heterocycles. The number of rotatable bonds is 7. The van der Waals surface area contributed by atoms with Gasteiger partial charge in [0.15, 0.2) is 17.0 Å². The molecule has 0 radical (unpaired) electrons. The van der Waals surface area contributed by atoms with E-state index in [1.54, 1.807) is 30.3 Å². The summed E-state index contributed by atoms with van der Waals surface area (Å²) in [7, 11) is 0. The van der Waals surface area contributed by atoms with Crippen molar-refractivity contribution in [3.8, 4) is 11.5 Å². The standard InChI is InChI=1S/C20H22N2O7/c1-20(18(26)27,10-14-7-8-15(23)16(24)9-14)22(17(25)11-21)19(28)29-12-13-5-3-2-4-6-13/h2-9,23-24H,10-12,21H2,1H3,(H,26,27)/t20-/m0/s1. The molecule has 0 fully saturated rings. The van der Waals surface area contributed by atoms with Gasteiger partial charge in [-0.3, -0.25) is 4.79 Å². The number of benzene rings is 2. The number of imide groups is 1. The third-order valence-corrected chi connectivity index (χ3v) is 4.35. The maximum Gasteiger partial charge on any atom is 0.417 e. The van der Waals surface area contributed by atoms with E-state index in [4.69, 9.17) is 10.5 Å². The van der Waals surface area contributed by atoms with E-state index in [1.807, 2.05) is 0 Å². The number of carboxylic acids is 1. The second kappa shape index (κ2) is 9.07. The summed E-state index contributed by atoms with van der Waals surface area (Å²) in [5, 5.41) is 28.9. The number of hydrogen-bond donors (Lipinski definition) is 4. The van der Waals surface area contributed by atoms with Gasteiger partial charge in [-0.05, 0) is 30.2 Å². The Labute approximate surface area is 166 Å². The van der Waals surface area contributed by atoms with Crippen molar-refractivity contribution in [3.05, 3.63) is 59.7 Å². The Kier molecular flexibility index (Phi) is 6.79. The number of aliphatic carboxylic acids is 1. The van der Waals surface area contributed by atoms with E-state index in [0.29, 0.717) is 10.5 Å². The van der Waals surface area contributed by atoms with Gasteiger partial charge in [0.05, 0.1) is 6.54 Å². The summed E-state index contributed by atoms with van der Waals surface area (Å²) in [6.07, 6.45) is -1.50. The van der Waals surface area contributed by atoms with Crippen LogP contribution in [0.5, 0.6) is 11.5 Å². The lowest BCUT2D eigenvalue weighted by atomic mass is 9.90. The highest BCUT2D eigenvalue weighted by molar-refractivity contribution is 5.99. The fourth-order valence-corrected chi connectivity index (χ4v) is 2.78. The monoisotopic (exact) mass is 402 g/mol. The molecular formula is C20H22N2O7. The third kappa shape index (κ3) is 5.02. The Hall–Kier alpha value is -3.59. The van der Waals surface area contributed by atoms with Gasteiger partial charge in [0.25, 0.3) is 0 Å². The maximum absolute atomic E-state index is 12.7. The molecule has 29 heavy (non-hydrogen) atoms. The number of amides is 2. The van der Waals surface area contributed by atoms with Gasteiger partial charge in [0, 0.05) is 6.42 Å². The third-order valence-electron chi connectivity index (χ3n) is 4.35. The van der Waals surface area contributed by atoms with Crippen LogP contribution in [0, 0.1) is 0 Å². The molecule has 9 nitrogen and oxygen atoms in total. The molecule has 0 spiro atoms. The highest BCUT2D eigenvalue weighted by atomic mass is 16.6. The average Bonchev–Trinajstić information content (AvgIpc) is 2.69. The smallest absolute Gasteiger partial charge is 0.417 e. The minimum absolute atomic E-state index is 0.163. The first-order valence-electron chi connectivity index (χ1n) is 8.67. The number of carboxylic acid groups (broad SMARTS) is 1. The number of phenols is 2. The molecule has 2 aromatic carbocycles. The predicted octanol–water partition coefficient (Wildman–Crippen LogP) is 1.61. The lowest BCUT2D eigenvalue weighted by Gasteiger charge is -2.35. The van der Waals surface area contributed by atoms with Crippen molar-refractivity contribution in [1.29, 1.82) is 0 Å². The van der Waals surface area contributed by atoms with Crippen LogP contribution in [0.4, 0.5) is 4.79 Å². The maximum atomic E-state index is 12.7. The van der Waals surface area contributed by atoms with Gasteiger partial charge in [-0.2, -0.15) is 0 Å². The number of carbonyl (C=O) groups excluding carboxylic acids is 2. The molecule has 0 bridgehead atoms. The summed E-state index contributed by atoms with van der Waals surface area (Å²) < 4.78 is 5.15. The Morgan fingerprint density at radius 2 is 1.69 bits per heavy atom. The van der Waals surface area contributed by atoms with Crippen LogP contribution in [0.2, 0.25) is 0 Å². The predicted molar refractivity (Wildman–Crippen MR) is 102 cm³/mol. The lowest BCUT2D eigenvalue weighted by Crippen LogP contribution is -2.60. The largest absolute Gasteiger partial charge is 0.504 e. The number of nitrogens with two attached hydrogens (primary N) is 1. The van der Waals surface area contributed by atoms with E-state index in [0.717, 1.165) is 6.07 Å². The van der Waals surface area contributed by atoms with Crippen molar-refractivity contribution in [3.63, 3.8) is 0 Å². The van der Waals surface area contributed by atoms with Gasteiger partial charge in [0.1, 0.15) is 6.61 Å². The summed E-state index contributed by atoms with van der Waals surface area (Å²) in [6.45, 7) is 0.407. The molecule has 0 unspecified atom stereocenters. The molecule has 0 saturated heterocycles. The molecule has 0 aliphatic heterocycles. The highest BCUT2D eigenvalue weighted by Gasteiger charge is 2.47. The number of ether oxygens (including phenoxy) is 1. The Morgan fingerprint density at radius 1 is 1.03 bits per heavy atom. The summed E-state index contributed by atoms with van der Waals surface area (Å²) in [4.78, 5) is 37.6. The van der Waals surface area contributed by atoms with E-state index in [-0.39, 0.29) is 24.3 Å².